The lowest BCUT2D eigenvalue weighted by Crippen LogP contribution is -2.43. The molecule has 4 rings (SSSR count). The summed E-state index contributed by atoms with van der Waals surface area (Å²) in [6.07, 6.45) is 6.01. The Kier molecular flexibility index (Phi) is 9.95. The summed E-state index contributed by atoms with van der Waals surface area (Å²) >= 11 is 1.34. The first-order valence-electron chi connectivity index (χ1n) is 13.1. The van der Waals surface area contributed by atoms with Crippen molar-refractivity contribution >= 4 is 39.1 Å². The van der Waals surface area contributed by atoms with Crippen molar-refractivity contribution < 1.29 is 32.2 Å². The van der Waals surface area contributed by atoms with Gasteiger partial charge in [-0.3, -0.25) is 0 Å². The van der Waals surface area contributed by atoms with E-state index >= 15 is 0 Å². The summed E-state index contributed by atoms with van der Waals surface area (Å²) in [6, 6.07) is 16.1. The second kappa shape index (κ2) is 13.4. The number of rotatable bonds is 11. The first-order valence-corrected chi connectivity index (χ1v) is 15.8. The second-order valence-electron chi connectivity index (χ2n) is 9.51. The largest absolute Gasteiger partial charge is 0.497 e. The topological polar surface area (TPSA) is 96.4 Å². The summed E-state index contributed by atoms with van der Waals surface area (Å²) in [7, 11) is -2.52. The molecule has 41 heavy (non-hydrogen) atoms. The Hall–Kier alpha value is -3.54. The predicted octanol–water partition coefficient (Wildman–Crippen LogP) is 6.43. The standard InChI is InChI=1S/C30H33FN2O6S2/c1-4-5-6-24-20-32(23-11-9-22(31)10-12-23)26-17-28(40-3)27(39-16-15-30(34)35)18-29(26)41(36,37)33(24)19-21-7-13-25(38-2)14-8-21/h7-18,24H,4-6,19-20H2,1-3H3,(H,34,35)/b16-15+. The van der Waals surface area contributed by atoms with Gasteiger partial charge in [-0.15, -0.1) is 11.8 Å². The van der Waals surface area contributed by atoms with E-state index in [1.807, 2.05) is 23.3 Å². The van der Waals surface area contributed by atoms with Crippen LogP contribution < -0.4 is 14.4 Å². The summed E-state index contributed by atoms with van der Waals surface area (Å²) < 4.78 is 55.4. The number of thioether (sulfide) groups is 1. The molecule has 0 amide bonds. The number of ether oxygens (including phenoxy) is 2. The fourth-order valence-electron chi connectivity index (χ4n) is 4.75. The van der Waals surface area contributed by atoms with Crippen molar-refractivity contribution in [1.82, 2.24) is 4.31 Å². The third-order valence-corrected chi connectivity index (χ3v) is 9.54. The molecule has 1 aliphatic rings. The van der Waals surface area contributed by atoms with Gasteiger partial charge in [0.05, 0.1) is 30.0 Å². The van der Waals surface area contributed by atoms with E-state index in [-0.39, 0.29) is 23.0 Å². The summed E-state index contributed by atoms with van der Waals surface area (Å²) in [5.41, 5.74) is 1.89. The van der Waals surface area contributed by atoms with Gasteiger partial charge in [0.25, 0.3) is 0 Å². The molecule has 8 nitrogen and oxygen atoms in total. The number of anilines is 2. The molecular weight excluding hydrogens is 567 g/mol. The Balaban J connectivity index is 1.91. The molecule has 0 saturated heterocycles. The number of hydrogen-bond acceptors (Lipinski definition) is 7. The number of carboxylic acids is 1. The minimum Gasteiger partial charge on any atom is -0.497 e. The SMILES string of the molecule is CCCCC1CN(c2ccc(F)cc2)c2cc(SC)c(O/C=C/C(=O)O)cc2S(=O)(=O)N1Cc1ccc(OC)cc1. The Bertz CT molecular complexity index is 1490. The van der Waals surface area contributed by atoms with Gasteiger partial charge < -0.3 is 19.5 Å². The van der Waals surface area contributed by atoms with Crippen molar-refractivity contribution in [2.24, 2.45) is 0 Å². The van der Waals surface area contributed by atoms with Crippen LogP contribution in [0.5, 0.6) is 11.5 Å². The lowest BCUT2D eigenvalue weighted by molar-refractivity contribution is -0.131. The van der Waals surface area contributed by atoms with Crippen LogP contribution in [-0.2, 0) is 21.4 Å². The van der Waals surface area contributed by atoms with E-state index in [0.717, 1.165) is 30.7 Å². The zero-order valence-corrected chi connectivity index (χ0v) is 24.8. The van der Waals surface area contributed by atoms with Crippen LogP contribution in [0, 0.1) is 5.82 Å². The number of unbranched alkanes of at least 4 members (excludes halogenated alkanes) is 1. The monoisotopic (exact) mass is 600 g/mol. The van der Waals surface area contributed by atoms with Crippen LogP contribution in [0.4, 0.5) is 15.8 Å². The number of hydrogen-bond donors (Lipinski definition) is 1. The van der Waals surface area contributed by atoms with Crippen LogP contribution in [0.15, 0.2) is 82.8 Å². The zero-order valence-electron chi connectivity index (χ0n) is 23.1. The first-order chi connectivity index (χ1) is 19.7. The highest BCUT2D eigenvalue weighted by Crippen LogP contribution is 2.44. The molecule has 0 radical (unpaired) electrons. The van der Waals surface area contributed by atoms with Gasteiger partial charge in [0.15, 0.2) is 0 Å². The molecule has 0 fully saturated rings. The highest BCUT2D eigenvalue weighted by Gasteiger charge is 2.40. The number of carboxylic acid groups (broad SMARTS) is 1. The van der Waals surface area contributed by atoms with Crippen molar-refractivity contribution in [3.63, 3.8) is 0 Å². The molecule has 0 aromatic heterocycles. The molecule has 11 heteroatoms. The van der Waals surface area contributed by atoms with Crippen molar-refractivity contribution in [2.75, 3.05) is 24.8 Å². The Morgan fingerprint density at radius 2 is 1.85 bits per heavy atom. The summed E-state index contributed by atoms with van der Waals surface area (Å²) in [4.78, 5) is 13.6. The Labute approximate surface area is 244 Å². The number of halogens is 1. The lowest BCUT2D eigenvalue weighted by atomic mass is 10.1. The highest BCUT2D eigenvalue weighted by atomic mass is 32.2. The smallest absolute Gasteiger partial charge is 0.331 e. The number of nitrogens with zero attached hydrogens (tertiary/aromatic N) is 2. The number of methoxy groups -OCH3 is 1. The maximum absolute atomic E-state index is 14.5. The number of sulfonamides is 1. The minimum absolute atomic E-state index is 0.0193. The number of benzene rings is 3. The molecule has 3 aromatic rings. The molecular formula is C30H33FN2O6S2. The normalized spacial score (nSPS) is 16.8. The summed E-state index contributed by atoms with van der Waals surface area (Å²) in [6.45, 7) is 2.54. The molecule has 1 atom stereocenters. The third-order valence-electron chi connectivity index (χ3n) is 6.86. The number of fused-ring (bicyclic) bond motifs is 1. The third kappa shape index (κ3) is 7.03. The molecule has 0 aliphatic carbocycles. The van der Waals surface area contributed by atoms with Crippen molar-refractivity contribution in [2.45, 2.75) is 48.6 Å². The summed E-state index contributed by atoms with van der Waals surface area (Å²) in [5.74, 6) is -0.694. The molecule has 218 valence electrons. The van der Waals surface area contributed by atoms with E-state index in [1.54, 1.807) is 37.4 Å². The van der Waals surface area contributed by atoms with Gasteiger partial charge in [-0.05, 0) is 60.7 Å². The van der Waals surface area contributed by atoms with E-state index in [0.29, 0.717) is 35.0 Å². The van der Waals surface area contributed by atoms with Crippen LogP contribution >= 0.6 is 11.8 Å². The second-order valence-corrected chi connectivity index (χ2v) is 12.2. The maximum Gasteiger partial charge on any atom is 0.331 e. The van der Waals surface area contributed by atoms with Gasteiger partial charge in [0, 0.05) is 30.9 Å². The number of carbonyl (C=O) groups is 1. The van der Waals surface area contributed by atoms with E-state index in [1.165, 1.54) is 34.3 Å². The molecule has 3 aromatic carbocycles. The van der Waals surface area contributed by atoms with Crippen LogP contribution in [-0.4, -0.2) is 49.8 Å². The van der Waals surface area contributed by atoms with Gasteiger partial charge in [0.2, 0.25) is 10.0 Å². The van der Waals surface area contributed by atoms with Gasteiger partial charge in [-0.1, -0.05) is 31.9 Å². The van der Waals surface area contributed by atoms with Crippen LogP contribution in [0.1, 0.15) is 31.7 Å². The minimum atomic E-state index is -4.09. The molecule has 1 aliphatic heterocycles. The average Bonchev–Trinajstić information content (AvgIpc) is 3.04. The fourth-order valence-corrected chi connectivity index (χ4v) is 7.12. The van der Waals surface area contributed by atoms with Crippen LogP contribution in [0.25, 0.3) is 0 Å². The van der Waals surface area contributed by atoms with Crippen molar-refractivity contribution in [1.29, 1.82) is 0 Å². The van der Waals surface area contributed by atoms with E-state index in [2.05, 4.69) is 6.92 Å². The van der Waals surface area contributed by atoms with Crippen LogP contribution in [0.2, 0.25) is 0 Å². The molecule has 0 spiro atoms. The van der Waals surface area contributed by atoms with E-state index < -0.39 is 22.0 Å². The molecule has 0 saturated carbocycles. The lowest BCUT2D eigenvalue weighted by Gasteiger charge is -2.31. The van der Waals surface area contributed by atoms with Crippen molar-refractivity contribution in [3.8, 4) is 11.5 Å². The van der Waals surface area contributed by atoms with Gasteiger partial charge in [-0.2, -0.15) is 4.31 Å². The van der Waals surface area contributed by atoms with Gasteiger partial charge in [0.1, 0.15) is 22.2 Å². The Morgan fingerprint density at radius 1 is 1.15 bits per heavy atom. The first kappa shape index (κ1) is 30.4. The fraction of sp³-hybridized carbons (Fsp3) is 0.300. The average molecular weight is 601 g/mol. The van der Waals surface area contributed by atoms with Gasteiger partial charge >= 0.3 is 5.97 Å². The Morgan fingerprint density at radius 3 is 2.46 bits per heavy atom. The van der Waals surface area contributed by atoms with E-state index in [9.17, 15) is 17.6 Å². The molecule has 0 bridgehead atoms. The highest BCUT2D eigenvalue weighted by molar-refractivity contribution is 7.98. The zero-order chi connectivity index (χ0) is 29.6. The van der Waals surface area contributed by atoms with Crippen molar-refractivity contribution in [3.05, 3.63) is 84.4 Å². The number of aliphatic carboxylic acids is 1. The van der Waals surface area contributed by atoms with Crippen LogP contribution in [0.3, 0.4) is 0 Å². The molecule has 1 heterocycles. The molecule has 1 N–H and O–H groups in total. The maximum atomic E-state index is 14.5. The van der Waals surface area contributed by atoms with Gasteiger partial charge in [-0.25, -0.2) is 17.6 Å². The quantitative estimate of drug-likeness (QED) is 0.153. The van der Waals surface area contributed by atoms with E-state index in [4.69, 9.17) is 14.6 Å². The molecule has 1 unspecified atom stereocenters. The predicted molar refractivity (Wildman–Crippen MR) is 158 cm³/mol. The summed E-state index contributed by atoms with van der Waals surface area (Å²) in [5, 5.41) is 9.00.